The first-order chi connectivity index (χ1) is 10.2. The summed E-state index contributed by atoms with van der Waals surface area (Å²) < 4.78 is 1.76. The van der Waals surface area contributed by atoms with Crippen LogP contribution in [0.1, 0.15) is 75.3 Å². The molecule has 0 radical (unpaired) electrons. The van der Waals surface area contributed by atoms with E-state index in [1.807, 2.05) is 0 Å². The highest BCUT2D eigenvalue weighted by atomic mass is 16.3. The summed E-state index contributed by atoms with van der Waals surface area (Å²) in [5.74, 6) is 1.79. The SMILES string of the molecule is CCCCCC(CC)Cn1c(O)c2c(c1O)C1C=CC2C1. The highest BCUT2D eigenvalue weighted by molar-refractivity contribution is 5.58. The number of aromatic hydroxyl groups is 2. The van der Waals surface area contributed by atoms with E-state index in [0.717, 1.165) is 30.5 Å². The number of allylic oxidation sites excluding steroid dienone is 2. The van der Waals surface area contributed by atoms with Crippen LogP contribution in [0, 0.1) is 5.92 Å². The molecule has 3 atom stereocenters. The first kappa shape index (κ1) is 14.6. The van der Waals surface area contributed by atoms with Gasteiger partial charge in [-0.25, -0.2) is 0 Å². The minimum Gasteiger partial charge on any atom is -0.494 e. The number of aromatic nitrogens is 1. The molecule has 1 aromatic heterocycles. The lowest BCUT2D eigenvalue weighted by Gasteiger charge is -2.18. The Balaban J connectivity index is 1.78. The third-order valence-corrected chi connectivity index (χ3v) is 5.34. The molecule has 3 nitrogen and oxygen atoms in total. The zero-order chi connectivity index (χ0) is 15.0. The largest absolute Gasteiger partial charge is 0.494 e. The summed E-state index contributed by atoms with van der Waals surface area (Å²) in [6.07, 6.45) is 11.4. The average Bonchev–Trinajstić information content (AvgIpc) is 3.15. The Morgan fingerprint density at radius 1 is 1.10 bits per heavy atom. The van der Waals surface area contributed by atoms with Crippen molar-refractivity contribution in [2.75, 3.05) is 0 Å². The molecule has 0 aliphatic heterocycles. The second kappa shape index (κ2) is 5.78. The summed E-state index contributed by atoms with van der Waals surface area (Å²) in [7, 11) is 0. The molecular weight excluding hydrogens is 262 g/mol. The van der Waals surface area contributed by atoms with E-state index in [2.05, 4.69) is 26.0 Å². The lowest BCUT2D eigenvalue weighted by molar-refractivity contribution is 0.311. The summed E-state index contributed by atoms with van der Waals surface area (Å²) in [5.41, 5.74) is 1.98. The Labute approximate surface area is 127 Å². The maximum Gasteiger partial charge on any atom is 0.198 e. The average molecular weight is 289 g/mol. The highest BCUT2D eigenvalue weighted by Crippen LogP contribution is 2.56. The lowest BCUT2D eigenvalue weighted by atomic mass is 9.98. The molecule has 116 valence electrons. The van der Waals surface area contributed by atoms with Gasteiger partial charge in [0.15, 0.2) is 11.8 Å². The minimum absolute atomic E-state index is 0.313. The van der Waals surface area contributed by atoms with Gasteiger partial charge in [-0.15, -0.1) is 0 Å². The van der Waals surface area contributed by atoms with E-state index in [9.17, 15) is 10.2 Å². The van der Waals surface area contributed by atoms with E-state index < -0.39 is 0 Å². The molecule has 2 bridgehead atoms. The van der Waals surface area contributed by atoms with Crippen molar-refractivity contribution in [2.45, 2.75) is 70.8 Å². The van der Waals surface area contributed by atoms with Crippen LogP contribution in [0.2, 0.25) is 0 Å². The molecule has 3 rings (SSSR count). The van der Waals surface area contributed by atoms with Crippen LogP contribution in [0.3, 0.4) is 0 Å². The van der Waals surface area contributed by atoms with Crippen LogP contribution >= 0.6 is 0 Å². The van der Waals surface area contributed by atoms with Gasteiger partial charge in [-0.05, 0) is 18.8 Å². The molecule has 1 heterocycles. The van der Waals surface area contributed by atoms with Crippen molar-refractivity contribution < 1.29 is 10.2 Å². The second-order valence-corrected chi connectivity index (χ2v) is 6.69. The molecule has 0 amide bonds. The molecule has 1 aromatic rings. The Morgan fingerprint density at radius 2 is 1.71 bits per heavy atom. The van der Waals surface area contributed by atoms with Crippen molar-refractivity contribution in [3.63, 3.8) is 0 Å². The molecule has 2 aliphatic carbocycles. The van der Waals surface area contributed by atoms with Gasteiger partial charge in [0.2, 0.25) is 0 Å². The van der Waals surface area contributed by atoms with Crippen molar-refractivity contribution in [1.82, 2.24) is 4.57 Å². The van der Waals surface area contributed by atoms with Gasteiger partial charge < -0.3 is 10.2 Å². The van der Waals surface area contributed by atoms with Crippen LogP contribution in [0.5, 0.6) is 11.8 Å². The molecule has 3 heteroatoms. The first-order valence-electron chi connectivity index (χ1n) is 8.49. The molecule has 21 heavy (non-hydrogen) atoms. The maximum atomic E-state index is 10.5. The van der Waals surface area contributed by atoms with Gasteiger partial charge in [0.1, 0.15) is 0 Å². The van der Waals surface area contributed by atoms with Crippen molar-refractivity contribution in [3.05, 3.63) is 23.3 Å². The Bertz CT molecular complexity index is 508. The molecule has 0 fully saturated rings. The van der Waals surface area contributed by atoms with Crippen LogP contribution in [-0.2, 0) is 6.54 Å². The fourth-order valence-corrected chi connectivity index (χ4v) is 4.03. The van der Waals surface area contributed by atoms with Gasteiger partial charge >= 0.3 is 0 Å². The van der Waals surface area contributed by atoms with Crippen LogP contribution in [-0.4, -0.2) is 14.8 Å². The van der Waals surface area contributed by atoms with Crippen LogP contribution < -0.4 is 0 Å². The summed E-state index contributed by atoms with van der Waals surface area (Å²) in [6, 6.07) is 0. The molecule has 3 unspecified atom stereocenters. The number of rotatable bonds is 7. The summed E-state index contributed by atoms with van der Waals surface area (Å²) >= 11 is 0. The predicted molar refractivity (Wildman–Crippen MR) is 84.9 cm³/mol. The number of unbranched alkanes of at least 4 members (excludes halogenated alkanes) is 2. The zero-order valence-electron chi connectivity index (χ0n) is 13.2. The van der Waals surface area contributed by atoms with Gasteiger partial charge in [-0.2, -0.15) is 0 Å². The van der Waals surface area contributed by atoms with E-state index in [1.54, 1.807) is 4.57 Å². The van der Waals surface area contributed by atoms with E-state index in [1.165, 1.54) is 25.7 Å². The predicted octanol–water partition coefficient (Wildman–Crippen LogP) is 4.65. The second-order valence-electron chi connectivity index (χ2n) is 6.69. The molecule has 0 spiro atoms. The van der Waals surface area contributed by atoms with Crippen molar-refractivity contribution in [2.24, 2.45) is 5.92 Å². The van der Waals surface area contributed by atoms with Gasteiger partial charge in [0.25, 0.3) is 0 Å². The van der Waals surface area contributed by atoms with Crippen LogP contribution in [0.25, 0.3) is 0 Å². The summed E-state index contributed by atoms with van der Waals surface area (Å²) in [4.78, 5) is 0. The maximum absolute atomic E-state index is 10.5. The van der Waals surface area contributed by atoms with E-state index in [-0.39, 0.29) is 0 Å². The summed E-state index contributed by atoms with van der Waals surface area (Å²) in [5, 5.41) is 21.1. The molecule has 2 aliphatic rings. The monoisotopic (exact) mass is 289 g/mol. The van der Waals surface area contributed by atoms with Crippen molar-refractivity contribution >= 4 is 0 Å². The van der Waals surface area contributed by atoms with E-state index in [4.69, 9.17) is 0 Å². The molecule has 0 aromatic carbocycles. The van der Waals surface area contributed by atoms with Crippen molar-refractivity contribution in [1.29, 1.82) is 0 Å². The van der Waals surface area contributed by atoms with E-state index in [0.29, 0.717) is 29.5 Å². The van der Waals surface area contributed by atoms with Gasteiger partial charge in [-0.1, -0.05) is 51.7 Å². The topological polar surface area (TPSA) is 45.4 Å². The molecule has 0 saturated heterocycles. The smallest absolute Gasteiger partial charge is 0.198 e. The Hall–Kier alpha value is -1.38. The summed E-state index contributed by atoms with van der Waals surface area (Å²) in [6.45, 7) is 5.16. The molecule has 0 saturated carbocycles. The fraction of sp³-hybridized carbons (Fsp3) is 0.667. The zero-order valence-corrected chi connectivity index (χ0v) is 13.2. The van der Waals surface area contributed by atoms with Crippen LogP contribution in [0.15, 0.2) is 12.2 Å². The quantitative estimate of drug-likeness (QED) is 0.567. The third kappa shape index (κ3) is 2.37. The van der Waals surface area contributed by atoms with Gasteiger partial charge in [-0.3, -0.25) is 4.57 Å². The van der Waals surface area contributed by atoms with Gasteiger partial charge in [0, 0.05) is 29.5 Å². The van der Waals surface area contributed by atoms with Crippen molar-refractivity contribution in [3.8, 4) is 11.8 Å². The van der Waals surface area contributed by atoms with E-state index >= 15 is 0 Å². The highest BCUT2D eigenvalue weighted by Gasteiger charge is 2.41. The van der Waals surface area contributed by atoms with Crippen LogP contribution in [0.4, 0.5) is 0 Å². The van der Waals surface area contributed by atoms with Gasteiger partial charge in [0.05, 0.1) is 0 Å². The third-order valence-electron chi connectivity index (χ3n) is 5.34. The minimum atomic E-state index is 0.313. The molecule has 2 N–H and O–H groups in total. The number of hydrogen-bond donors (Lipinski definition) is 2. The molecular formula is C18H27NO2. The number of fused-ring (bicyclic) bond motifs is 5. The normalized spacial score (nSPS) is 23.7. The number of hydrogen-bond acceptors (Lipinski definition) is 2. The fourth-order valence-electron chi connectivity index (χ4n) is 4.03. The number of nitrogens with zero attached hydrogens (tertiary/aromatic N) is 1. The Morgan fingerprint density at radius 3 is 2.24 bits per heavy atom. The standard InChI is InChI=1S/C18H27NO2/c1-3-5-6-7-12(4-2)11-19-17(20)15-13-8-9-14(10-13)16(15)18(19)21/h8-9,12-14,20-21H,3-7,10-11H2,1-2H3. The first-order valence-corrected chi connectivity index (χ1v) is 8.49. The lowest BCUT2D eigenvalue weighted by Crippen LogP contribution is -2.10. The Kier molecular flexibility index (Phi) is 4.01.